The van der Waals surface area contributed by atoms with Gasteiger partial charge in [0.15, 0.2) is 9.84 Å². The smallest absolute Gasteiger partial charge is 0.314 e. The Morgan fingerprint density at radius 2 is 1.93 bits per heavy atom. The van der Waals surface area contributed by atoms with Crippen LogP contribution in [0.3, 0.4) is 0 Å². The molecular weight excluding hydrogens is 388 g/mol. The van der Waals surface area contributed by atoms with Crippen molar-refractivity contribution in [3.8, 4) is 11.4 Å². The van der Waals surface area contributed by atoms with Gasteiger partial charge in [0, 0.05) is 18.7 Å². The number of methoxy groups -OCH3 is 1. The second kappa shape index (κ2) is 7.98. The Kier molecular flexibility index (Phi) is 5.66. The number of sulfone groups is 1. The third-order valence-electron chi connectivity index (χ3n) is 4.16. The summed E-state index contributed by atoms with van der Waals surface area (Å²) in [5.74, 6) is -1.55. The average Bonchev–Trinajstić information content (AvgIpc) is 3.14. The number of hydrogen-bond donors (Lipinski definition) is 3. The predicted octanol–water partition coefficient (Wildman–Crippen LogP) is -0.254. The molecule has 0 spiro atoms. The fourth-order valence-corrected chi connectivity index (χ4v) is 4.30. The third-order valence-corrected chi connectivity index (χ3v) is 5.60. The van der Waals surface area contributed by atoms with Crippen molar-refractivity contribution in [2.24, 2.45) is 0 Å². The normalized spacial score (nSPS) is 14.4. The van der Waals surface area contributed by atoms with E-state index in [0.717, 1.165) is 0 Å². The summed E-state index contributed by atoms with van der Waals surface area (Å²) in [6, 6.07) is 6.80. The Balaban J connectivity index is 1.91. The summed E-state index contributed by atoms with van der Waals surface area (Å²) in [6.07, 6.45) is 0.316. The molecule has 1 aliphatic rings. The summed E-state index contributed by atoms with van der Waals surface area (Å²) in [7, 11) is -1.81. The van der Waals surface area contributed by atoms with Crippen LogP contribution in [0, 0.1) is 0 Å². The van der Waals surface area contributed by atoms with Gasteiger partial charge in [0.1, 0.15) is 11.6 Å². The van der Waals surface area contributed by atoms with Gasteiger partial charge in [0.25, 0.3) is 0 Å². The fourth-order valence-electron chi connectivity index (χ4n) is 2.81. The van der Waals surface area contributed by atoms with Crippen molar-refractivity contribution >= 4 is 27.5 Å². The van der Waals surface area contributed by atoms with Crippen molar-refractivity contribution in [3.05, 3.63) is 35.5 Å². The van der Waals surface area contributed by atoms with Gasteiger partial charge in [-0.1, -0.05) is 0 Å². The lowest BCUT2D eigenvalue weighted by atomic mass is 10.2. The Hall–Kier alpha value is -2.92. The molecule has 2 aromatic rings. The summed E-state index contributed by atoms with van der Waals surface area (Å²) in [5.41, 5.74) is 1.28. The number of carbonyl (C=O) groups excluding carboxylic acids is 2. The first kappa shape index (κ1) is 19.8. The summed E-state index contributed by atoms with van der Waals surface area (Å²) >= 11 is 0. The zero-order valence-corrected chi connectivity index (χ0v) is 16.0. The molecule has 1 aromatic heterocycles. The van der Waals surface area contributed by atoms with Crippen LogP contribution in [0.5, 0.6) is 5.75 Å². The minimum Gasteiger partial charge on any atom is -0.497 e. The van der Waals surface area contributed by atoms with E-state index in [1.165, 1.54) is 11.8 Å². The Morgan fingerprint density at radius 3 is 2.57 bits per heavy atom. The zero-order valence-electron chi connectivity index (χ0n) is 15.1. The fraction of sp³-hybridized carbons (Fsp3) is 0.353. The highest BCUT2D eigenvalue weighted by Crippen LogP contribution is 2.33. The lowest BCUT2D eigenvalue weighted by Crippen LogP contribution is -2.36. The molecule has 150 valence electrons. The standard InChI is InChI=1S/C17H20N4O6S/c1-27-12-5-3-11(4-6-12)21-15(13-9-28(25,26)10-14(13)20-21)19-17(24)16(23)18-7-2-8-22/h3-6,22H,2,7-10H2,1H3,(H,18,23)(H,19,24). The number of nitrogens with one attached hydrogen (secondary N) is 2. The van der Waals surface area contributed by atoms with Crippen LogP contribution in [0.4, 0.5) is 5.82 Å². The number of amides is 2. The molecule has 0 saturated heterocycles. The van der Waals surface area contributed by atoms with E-state index >= 15 is 0 Å². The molecule has 1 aliphatic heterocycles. The molecule has 2 amide bonds. The van der Waals surface area contributed by atoms with Crippen molar-refractivity contribution in [2.45, 2.75) is 17.9 Å². The van der Waals surface area contributed by atoms with Crippen LogP contribution < -0.4 is 15.4 Å². The second-order valence-electron chi connectivity index (χ2n) is 6.20. The molecule has 0 bridgehead atoms. The third kappa shape index (κ3) is 4.15. The van der Waals surface area contributed by atoms with Crippen molar-refractivity contribution in [2.75, 3.05) is 25.6 Å². The zero-order chi connectivity index (χ0) is 20.3. The first-order valence-electron chi connectivity index (χ1n) is 8.50. The number of fused-ring (bicyclic) bond motifs is 1. The summed E-state index contributed by atoms with van der Waals surface area (Å²) in [4.78, 5) is 24.2. The molecule has 0 aliphatic carbocycles. The molecule has 0 unspecified atom stereocenters. The second-order valence-corrected chi connectivity index (χ2v) is 8.27. The van der Waals surface area contributed by atoms with Gasteiger partial charge in [-0.3, -0.25) is 9.59 Å². The molecule has 0 fully saturated rings. The number of aliphatic hydroxyl groups excluding tert-OH is 1. The first-order valence-corrected chi connectivity index (χ1v) is 10.3. The van der Waals surface area contributed by atoms with Crippen LogP contribution in [-0.4, -0.2) is 55.4 Å². The van der Waals surface area contributed by atoms with Crippen LogP contribution in [0.25, 0.3) is 5.69 Å². The Morgan fingerprint density at radius 1 is 1.21 bits per heavy atom. The van der Waals surface area contributed by atoms with Crippen molar-refractivity contribution in [3.63, 3.8) is 0 Å². The largest absolute Gasteiger partial charge is 0.497 e. The SMILES string of the molecule is COc1ccc(-n2nc3c(c2NC(=O)C(=O)NCCCO)CS(=O)(=O)C3)cc1. The van der Waals surface area contributed by atoms with Crippen LogP contribution in [0.15, 0.2) is 24.3 Å². The Bertz CT molecular complexity index is 997. The van der Waals surface area contributed by atoms with Gasteiger partial charge in [-0.2, -0.15) is 5.10 Å². The molecule has 2 heterocycles. The van der Waals surface area contributed by atoms with Crippen LogP contribution in [0.2, 0.25) is 0 Å². The van der Waals surface area contributed by atoms with Gasteiger partial charge in [-0.25, -0.2) is 13.1 Å². The Labute approximate surface area is 161 Å². The number of nitrogens with zero attached hydrogens (tertiary/aromatic N) is 2. The van der Waals surface area contributed by atoms with E-state index in [9.17, 15) is 18.0 Å². The van der Waals surface area contributed by atoms with Gasteiger partial charge in [-0.15, -0.1) is 0 Å². The van der Waals surface area contributed by atoms with Crippen LogP contribution >= 0.6 is 0 Å². The topological polar surface area (TPSA) is 140 Å². The van der Waals surface area contributed by atoms with Gasteiger partial charge < -0.3 is 20.5 Å². The van der Waals surface area contributed by atoms with Crippen LogP contribution in [0.1, 0.15) is 17.7 Å². The first-order chi connectivity index (χ1) is 13.3. The quantitative estimate of drug-likeness (QED) is 0.442. The van der Waals surface area contributed by atoms with Crippen molar-refractivity contribution in [1.29, 1.82) is 0 Å². The summed E-state index contributed by atoms with van der Waals surface area (Å²) < 4.78 is 30.4. The lowest BCUT2D eigenvalue weighted by Gasteiger charge is -2.11. The number of benzene rings is 1. The monoisotopic (exact) mass is 408 g/mol. The minimum atomic E-state index is -3.34. The number of aliphatic hydroxyl groups is 1. The molecule has 11 heteroatoms. The van der Waals surface area contributed by atoms with Gasteiger partial charge in [0.05, 0.1) is 30.0 Å². The van der Waals surface area contributed by atoms with Gasteiger partial charge in [0.2, 0.25) is 0 Å². The van der Waals surface area contributed by atoms with E-state index in [0.29, 0.717) is 29.1 Å². The number of ether oxygens (including phenoxy) is 1. The molecule has 10 nitrogen and oxygen atoms in total. The number of anilines is 1. The van der Waals surface area contributed by atoms with Crippen LogP contribution in [-0.2, 0) is 30.9 Å². The van der Waals surface area contributed by atoms with Crippen molar-refractivity contribution in [1.82, 2.24) is 15.1 Å². The predicted molar refractivity (Wildman–Crippen MR) is 99.8 cm³/mol. The molecule has 0 atom stereocenters. The maximum absolute atomic E-state index is 12.3. The molecule has 28 heavy (non-hydrogen) atoms. The number of aromatic nitrogens is 2. The molecule has 1 aromatic carbocycles. The van der Waals surface area contributed by atoms with E-state index in [1.54, 1.807) is 24.3 Å². The maximum Gasteiger partial charge on any atom is 0.314 e. The van der Waals surface area contributed by atoms with E-state index < -0.39 is 21.7 Å². The maximum atomic E-state index is 12.3. The van der Waals surface area contributed by atoms with E-state index in [4.69, 9.17) is 9.84 Å². The van der Waals surface area contributed by atoms with E-state index in [-0.39, 0.29) is 30.5 Å². The lowest BCUT2D eigenvalue weighted by molar-refractivity contribution is -0.136. The highest BCUT2D eigenvalue weighted by atomic mass is 32.2. The van der Waals surface area contributed by atoms with Gasteiger partial charge in [-0.05, 0) is 30.7 Å². The molecule has 3 rings (SSSR count). The van der Waals surface area contributed by atoms with Gasteiger partial charge >= 0.3 is 11.8 Å². The highest BCUT2D eigenvalue weighted by Gasteiger charge is 2.33. The summed E-state index contributed by atoms with van der Waals surface area (Å²) in [5, 5.41) is 17.9. The number of rotatable bonds is 6. The average molecular weight is 408 g/mol. The number of carbonyl (C=O) groups is 2. The van der Waals surface area contributed by atoms with E-state index in [2.05, 4.69) is 15.7 Å². The molecule has 0 radical (unpaired) electrons. The highest BCUT2D eigenvalue weighted by molar-refractivity contribution is 7.90. The molecule has 3 N–H and O–H groups in total. The number of hydrogen-bond acceptors (Lipinski definition) is 7. The molecular formula is C17H20N4O6S. The minimum absolute atomic E-state index is 0.114. The van der Waals surface area contributed by atoms with E-state index in [1.807, 2.05) is 0 Å². The summed E-state index contributed by atoms with van der Waals surface area (Å²) in [6.45, 7) is 0.0322. The molecule has 0 saturated carbocycles. The van der Waals surface area contributed by atoms with Crippen molar-refractivity contribution < 1.29 is 27.9 Å².